The van der Waals surface area contributed by atoms with Crippen molar-refractivity contribution in [3.63, 3.8) is 0 Å². The van der Waals surface area contributed by atoms with Gasteiger partial charge >= 0.3 is 0 Å². The molecule has 0 N–H and O–H groups in total. The molecule has 1 fully saturated rings. The number of nitrogens with zero attached hydrogens (tertiary/aromatic N) is 3. The molecular weight excluding hydrogens is 509 g/mol. The fraction of sp³-hybridized carbons (Fsp3) is 0.393. The Morgan fingerprint density at radius 3 is 2.37 bits per heavy atom. The highest BCUT2D eigenvalue weighted by Crippen LogP contribution is 2.19. The minimum absolute atomic E-state index is 0.151. The van der Waals surface area contributed by atoms with Crippen LogP contribution in [-0.2, 0) is 32.6 Å². The van der Waals surface area contributed by atoms with Crippen molar-refractivity contribution in [2.75, 3.05) is 45.9 Å². The molecule has 8 nitrogen and oxygen atoms in total. The zero-order valence-corrected chi connectivity index (χ0v) is 22.4. The molecule has 4 rings (SSSR count). The molecule has 0 saturated carbocycles. The van der Waals surface area contributed by atoms with Gasteiger partial charge in [0.05, 0.1) is 37.5 Å². The third-order valence-corrected chi connectivity index (χ3v) is 8.38. The summed E-state index contributed by atoms with van der Waals surface area (Å²) in [6.45, 7) is 5.76. The van der Waals surface area contributed by atoms with E-state index >= 15 is 0 Å². The van der Waals surface area contributed by atoms with E-state index in [0.29, 0.717) is 31.9 Å². The third-order valence-electron chi connectivity index (χ3n) is 6.52. The molecule has 38 heavy (non-hydrogen) atoms. The standard InChI is InChI=1S/C28H34FN3O5S/c1-23-5-11-27(12-6-23)38(34,35)32(14-3-13-30-15-18-36-19-16-30)22-28(33)31(21-26-4-2-17-37-26)20-24-7-9-25(29)10-8-24/h2,4-12,17H,3,13-16,18-22H2,1H3. The number of halogens is 1. The second-order valence-corrected chi connectivity index (χ2v) is 11.4. The van der Waals surface area contributed by atoms with Crippen LogP contribution in [0.2, 0.25) is 0 Å². The molecule has 1 aromatic heterocycles. The first kappa shape index (κ1) is 28.0. The average Bonchev–Trinajstić information content (AvgIpc) is 3.43. The predicted molar refractivity (Wildman–Crippen MR) is 141 cm³/mol. The fourth-order valence-electron chi connectivity index (χ4n) is 4.32. The van der Waals surface area contributed by atoms with E-state index in [1.54, 1.807) is 48.5 Å². The van der Waals surface area contributed by atoms with Crippen LogP contribution in [0.3, 0.4) is 0 Å². The molecule has 0 spiro atoms. The molecule has 0 radical (unpaired) electrons. The molecule has 10 heteroatoms. The van der Waals surface area contributed by atoms with Gasteiger partial charge in [0.25, 0.3) is 0 Å². The lowest BCUT2D eigenvalue weighted by molar-refractivity contribution is -0.133. The van der Waals surface area contributed by atoms with Crippen molar-refractivity contribution in [3.05, 3.63) is 89.6 Å². The second-order valence-electron chi connectivity index (χ2n) is 9.41. The smallest absolute Gasteiger partial charge is 0.243 e. The molecule has 2 aromatic carbocycles. The number of hydrogen-bond acceptors (Lipinski definition) is 6. The summed E-state index contributed by atoms with van der Waals surface area (Å²) in [7, 11) is -3.92. The molecule has 3 aromatic rings. The van der Waals surface area contributed by atoms with Crippen LogP contribution in [-0.4, -0.2) is 74.4 Å². The number of ether oxygens (including phenoxy) is 1. The molecule has 1 amide bonds. The molecule has 1 saturated heterocycles. The van der Waals surface area contributed by atoms with Crippen molar-refractivity contribution in [2.24, 2.45) is 0 Å². The molecule has 0 aliphatic carbocycles. The number of carbonyl (C=O) groups is 1. The van der Waals surface area contributed by atoms with Crippen LogP contribution in [0.1, 0.15) is 23.3 Å². The molecule has 1 aliphatic rings. The van der Waals surface area contributed by atoms with Crippen molar-refractivity contribution in [3.8, 4) is 0 Å². The highest BCUT2D eigenvalue weighted by Gasteiger charge is 2.29. The number of carbonyl (C=O) groups excluding carboxylic acids is 1. The average molecular weight is 544 g/mol. The van der Waals surface area contributed by atoms with Crippen molar-refractivity contribution < 1.29 is 26.8 Å². The van der Waals surface area contributed by atoms with E-state index in [1.165, 1.54) is 27.6 Å². The Labute approximate surface area is 223 Å². The van der Waals surface area contributed by atoms with E-state index in [1.807, 2.05) is 6.92 Å². The van der Waals surface area contributed by atoms with Gasteiger partial charge in [-0.05, 0) is 61.9 Å². The third kappa shape index (κ3) is 7.73. The number of morpholine rings is 1. The van der Waals surface area contributed by atoms with Crippen LogP contribution in [0.25, 0.3) is 0 Å². The van der Waals surface area contributed by atoms with Gasteiger partial charge in [-0.15, -0.1) is 0 Å². The largest absolute Gasteiger partial charge is 0.467 e. The van der Waals surface area contributed by atoms with E-state index in [4.69, 9.17) is 9.15 Å². The van der Waals surface area contributed by atoms with Gasteiger partial charge in [-0.25, -0.2) is 12.8 Å². The normalized spacial score (nSPS) is 14.6. The van der Waals surface area contributed by atoms with Crippen molar-refractivity contribution in [2.45, 2.75) is 31.3 Å². The first-order valence-electron chi connectivity index (χ1n) is 12.7. The topological polar surface area (TPSA) is 83.3 Å². The van der Waals surface area contributed by atoms with Gasteiger partial charge in [0, 0.05) is 26.2 Å². The quantitative estimate of drug-likeness (QED) is 0.347. The van der Waals surface area contributed by atoms with Crippen LogP contribution < -0.4 is 0 Å². The Balaban J connectivity index is 1.53. The minimum Gasteiger partial charge on any atom is -0.467 e. The first-order chi connectivity index (χ1) is 18.3. The number of amides is 1. The van der Waals surface area contributed by atoms with Gasteiger partial charge in [0.15, 0.2) is 0 Å². The summed E-state index contributed by atoms with van der Waals surface area (Å²) in [4.78, 5) is 17.5. The van der Waals surface area contributed by atoms with E-state index in [0.717, 1.165) is 24.2 Å². The number of aryl methyl sites for hydroxylation is 1. The zero-order chi connectivity index (χ0) is 27.0. The van der Waals surface area contributed by atoms with Crippen LogP contribution in [0, 0.1) is 12.7 Å². The summed E-state index contributed by atoms with van der Waals surface area (Å²) in [5.41, 5.74) is 1.68. The highest BCUT2D eigenvalue weighted by molar-refractivity contribution is 7.89. The number of sulfonamides is 1. The second kappa shape index (κ2) is 13.1. The molecule has 0 atom stereocenters. The highest BCUT2D eigenvalue weighted by atomic mass is 32.2. The van der Waals surface area contributed by atoms with Crippen molar-refractivity contribution >= 4 is 15.9 Å². The summed E-state index contributed by atoms with van der Waals surface area (Å²) in [5.74, 6) is -0.165. The summed E-state index contributed by atoms with van der Waals surface area (Å²) >= 11 is 0. The van der Waals surface area contributed by atoms with Crippen molar-refractivity contribution in [1.82, 2.24) is 14.1 Å². The number of hydrogen-bond donors (Lipinski definition) is 0. The molecule has 0 unspecified atom stereocenters. The van der Waals surface area contributed by atoms with Crippen LogP contribution in [0.15, 0.2) is 76.2 Å². The molecular formula is C28H34FN3O5S. The lowest BCUT2D eigenvalue weighted by atomic mass is 10.2. The van der Waals surface area contributed by atoms with Gasteiger partial charge in [-0.3, -0.25) is 9.69 Å². The van der Waals surface area contributed by atoms with Gasteiger partial charge in [0.2, 0.25) is 15.9 Å². The van der Waals surface area contributed by atoms with E-state index in [2.05, 4.69) is 4.90 Å². The maximum atomic E-state index is 13.7. The molecule has 1 aliphatic heterocycles. The fourth-order valence-corrected chi connectivity index (χ4v) is 5.75. The number of furan rings is 1. The molecule has 2 heterocycles. The van der Waals surface area contributed by atoms with E-state index in [9.17, 15) is 17.6 Å². The molecule has 0 bridgehead atoms. The Morgan fingerprint density at radius 2 is 1.71 bits per heavy atom. The van der Waals surface area contributed by atoms with E-state index < -0.39 is 10.0 Å². The maximum absolute atomic E-state index is 13.7. The lowest BCUT2D eigenvalue weighted by Crippen LogP contribution is -2.44. The minimum atomic E-state index is -3.92. The Kier molecular flexibility index (Phi) is 9.68. The summed E-state index contributed by atoms with van der Waals surface area (Å²) < 4.78 is 52.9. The monoisotopic (exact) mass is 543 g/mol. The summed E-state index contributed by atoms with van der Waals surface area (Å²) in [5, 5.41) is 0. The summed E-state index contributed by atoms with van der Waals surface area (Å²) in [6.07, 6.45) is 2.10. The molecule has 204 valence electrons. The lowest BCUT2D eigenvalue weighted by Gasteiger charge is -2.29. The Bertz CT molecular complexity index is 1260. The van der Waals surface area contributed by atoms with Gasteiger partial charge in [0.1, 0.15) is 11.6 Å². The van der Waals surface area contributed by atoms with Gasteiger partial charge in [-0.2, -0.15) is 4.31 Å². The Hall–Kier alpha value is -3.05. The van der Waals surface area contributed by atoms with Crippen LogP contribution >= 0.6 is 0 Å². The number of rotatable bonds is 12. The SMILES string of the molecule is Cc1ccc(S(=O)(=O)N(CCCN2CCOCC2)CC(=O)N(Cc2ccc(F)cc2)Cc2ccco2)cc1. The first-order valence-corrected chi connectivity index (χ1v) is 14.2. The van der Waals surface area contributed by atoms with E-state index in [-0.39, 0.29) is 42.8 Å². The maximum Gasteiger partial charge on any atom is 0.243 e. The van der Waals surface area contributed by atoms with Gasteiger partial charge in [-0.1, -0.05) is 29.8 Å². The van der Waals surface area contributed by atoms with Crippen LogP contribution in [0.5, 0.6) is 0 Å². The number of benzene rings is 2. The predicted octanol–water partition coefficient (Wildman–Crippen LogP) is 3.67. The van der Waals surface area contributed by atoms with Crippen LogP contribution in [0.4, 0.5) is 4.39 Å². The van der Waals surface area contributed by atoms with Crippen molar-refractivity contribution in [1.29, 1.82) is 0 Å². The zero-order valence-electron chi connectivity index (χ0n) is 21.6. The van der Waals surface area contributed by atoms with Gasteiger partial charge < -0.3 is 14.1 Å². The summed E-state index contributed by atoms with van der Waals surface area (Å²) in [6, 6.07) is 16.0. The Morgan fingerprint density at radius 1 is 1.00 bits per heavy atom.